The van der Waals surface area contributed by atoms with Crippen molar-refractivity contribution in [3.8, 4) is 11.5 Å². The third-order valence-corrected chi connectivity index (χ3v) is 3.97. The highest BCUT2D eigenvalue weighted by Crippen LogP contribution is 2.30. The van der Waals surface area contributed by atoms with E-state index in [0.29, 0.717) is 31.9 Å². The highest BCUT2D eigenvalue weighted by molar-refractivity contribution is 5.85. The van der Waals surface area contributed by atoms with E-state index in [9.17, 15) is 9.59 Å². The number of carbonyl (C=O) groups is 2. The van der Waals surface area contributed by atoms with Gasteiger partial charge >= 0.3 is 0 Å². The maximum Gasteiger partial charge on any atom is 0.242 e. The molecular formula is C16H20N2O4. The van der Waals surface area contributed by atoms with E-state index in [2.05, 4.69) is 0 Å². The Kier molecular flexibility index (Phi) is 4.18. The van der Waals surface area contributed by atoms with Crippen LogP contribution in [0.2, 0.25) is 0 Å². The van der Waals surface area contributed by atoms with E-state index in [1.807, 2.05) is 24.3 Å². The van der Waals surface area contributed by atoms with E-state index in [0.717, 1.165) is 12.2 Å². The third kappa shape index (κ3) is 3.16. The fourth-order valence-electron chi connectivity index (χ4n) is 2.72. The maximum atomic E-state index is 12.2. The van der Waals surface area contributed by atoms with Gasteiger partial charge in [-0.1, -0.05) is 12.1 Å². The summed E-state index contributed by atoms with van der Waals surface area (Å²) in [5.41, 5.74) is 0. The lowest BCUT2D eigenvalue weighted by atomic mass is 10.2. The van der Waals surface area contributed by atoms with Gasteiger partial charge in [-0.25, -0.2) is 0 Å². The van der Waals surface area contributed by atoms with Crippen LogP contribution in [0.4, 0.5) is 0 Å². The molecule has 2 aliphatic rings. The molecule has 1 atom stereocenters. The molecule has 2 aliphatic heterocycles. The fourth-order valence-corrected chi connectivity index (χ4v) is 2.72. The maximum absolute atomic E-state index is 12.2. The zero-order valence-electron chi connectivity index (χ0n) is 12.7. The molecular weight excluding hydrogens is 284 g/mol. The van der Waals surface area contributed by atoms with Gasteiger partial charge in [-0.3, -0.25) is 9.59 Å². The minimum atomic E-state index is -0.196. The van der Waals surface area contributed by atoms with Crippen LogP contribution in [0.5, 0.6) is 11.5 Å². The average Bonchev–Trinajstić information content (AvgIpc) is 2.92. The van der Waals surface area contributed by atoms with E-state index >= 15 is 0 Å². The highest BCUT2D eigenvalue weighted by Gasteiger charge is 2.27. The second-order valence-electron chi connectivity index (χ2n) is 5.69. The first-order chi connectivity index (χ1) is 10.6. The number of nitrogens with zero attached hydrogens (tertiary/aromatic N) is 2. The van der Waals surface area contributed by atoms with Crippen LogP contribution in [-0.2, 0) is 9.59 Å². The summed E-state index contributed by atoms with van der Waals surface area (Å²) in [6.45, 7) is 1.68. The third-order valence-electron chi connectivity index (χ3n) is 3.97. The zero-order chi connectivity index (χ0) is 15.5. The number of ether oxygens (including phenoxy) is 2. The Hall–Kier alpha value is -2.24. The molecule has 1 aromatic carbocycles. The lowest BCUT2D eigenvalue weighted by Crippen LogP contribution is -2.45. The average molecular weight is 304 g/mol. The molecule has 0 aliphatic carbocycles. The second kappa shape index (κ2) is 6.25. The van der Waals surface area contributed by atoms with Crippen molar-refractivity contribution in [3.63, 3.8) is 0 Å². The van der Waals surface area contributed by atoms with Gasteiger partial charge in [-0.15, -0.1) is 0 Å². The SMILES string of the molecule is CN(C[C@H]1COc2ccccc2O1)C(=O)CN1CCCC1=O. The summed E-state index contributed by atoms with van der Waals surface area (Å²) in [4.78, 5) is 27.0. The van der Waals surface area contributed by atoms with Gasteiger partial charge in [-0.2, -0.15) is 0 Å². The second-order valence-corrected chi connectivity index (χ2v) is 5.69. The molecule has 0 saturated carbocycles. The Morgan fingerprint density at radius 3 is 2.86 bits per heavy atom. The van der Waals surface area contributed by atoms with Crippen molar-refractivity contribution in [3.05, 3.63) is 24.3 Å². The van der Waals surface area contributed by atoms with Crippen LogP contribution in [0.1, 0.15) is 12.8 Å². The number of likely N-dealkylation sites (N-methyl/N-ethyl adjacent to an activating group) is 1. The number of carbonyl (C=O) groups excluding carboxylic acids is 2. The number of para-hydroxylation sites is 2. The van der Waals surface area contributed by atoms with E-state index in [1.54, 1.807) is 16.8 Å². The number of hydrogen-bond donors (Lipinski definition) is 0. The van der Waals surface area contributed by atoms with Crippen LogP contribution in [0.3, 0.4) is 0 Å². The summed E-state index contributed by atoms with van der Waals surface area (Å²) in [5.74, 6) is 1.43. The van der Waals surface area contributed by atoms with Gasteiger partial charge in [0.2, 0.25) is 11.8 Å². The normalized spacial score (nSPS) is 20.1. The molecule has 0 aromatic heterocycles. The van der Waals surface area contributed by atoms with Gasteiger partial charge in [0.15, 0.2) is 17.6 Å². The molecule has 118 valence electrons. The monoisotopic (exact) mass is 304 g/mol. The molecule has 6 heteroatoms. The molecule has 2 amide bonds. The minimum Gasteiger partial charge on any atom is -0.486 e. The van der Waals surface area contributed by atoms with Gasteiger partial charge in [0.05, 0.1) is 13.1 Å². The Morgan fingerprint density at radius 1 is 1.36 bits per heavy atom. The summed E-state index contributed by atoms with van der Waals surface area (Å²) < 4.78 is 11.5. The first-order valence-corrected chi connectivity index (χ1v) is 7.53. The Labute approximate surface area is 129 Å². The molecule has 1 aromatic rings. The lowest BCUT2D eigenvalue weighted by Gasteiger charge is -2.30. The van der Waals surface area contributed by atoms with Crippen molar-refractivity contribution in [1.29, 1.82) is 0 Å². The van der Waals surface area contributed by atoms with Gasteiger partial charge in [0, 0.05) is 20.0 Å². The summed E-state index contributed by atoms with van der Waals surface area (Å²) in [6.07, 6.45) is 1.19. The molecule has 6 nitrogen and oxygen atoms in total. The van der Waals surface area contributed by atoms with Crippen molar-refractivity contribution in [1.82, 2.24) is 9.80 Å². The predicted octanol–water partition coefficient (Wildman–Crippen LogP) is 0.907. The summed E-state index contributed by atoms with van der Waals surface area (Å²) in [5, 5.41) is 0. The van der Waals surface area contributed by atoms with Crippen LogP contribution >= 0.6 is 0 Å². The minimum absolute atomic E-state index is 0.0629. The highest BCUT2D eigenvalue weighted by atomic mass is 16.6. The number of amides is 2. The molecule has 0 radical (unpaired) electrons. The first kappa shape index (κ1) is 14.7. The van der Waals surface area contributed by atoms with Crippen LogP contribution in [0.15, 0.2) is 24.3 Å². The predicted molar refractivity (Wildman–Crippen MR) is 79.8 cm³/mol. The first-order valence-electron chi connectivity index (χ1n) is 7.53. The van der Waals surface area contributed by atoms with Crippen molar-refractivity contribution in [2.75, 3.05) is 33.3 Å². The van der Waals surface area contributed by atoms with E-state index in [4.69, 9.17) is 9.47 Å². The lowest BCUT2D eigenvalue weighted by molar-refractivity contribution is -0.138. The molecule has 1 saturated heterocycles. The van der Waals surface area contributed by atoms with E-state index in [1.165, 1.54) is 0 Å². The van der Waals surface area contributed by atoms with Crippen LogP contribution in [-0.4, -0.2) is 61.0 Å². The molecule has 1 fully saturated rings. The summed E-state index contributed by atoms with van der Waals surface area (Å²) in [6, 6.07) is 7.50. The van der Waals surface area contributed by atoms with Crippen molar-refractivity contribution in [2.45, 2.75) is 18.9 Å². The van der Waals surface area contributed by atoms with Crippen molar-refractivity contribution < 1.29 is 19.1 Å². The van der Waals surface area contributed by atoms with Gasteiger partial charge in [-0.05, 0) is 18.6 Å². The zero-order valence-corrected chi connectivity index (χ0v) is 12.7. The smallest absolute Gasteiger partial charge is 0.242 e. The quantitative estimate of drug-likeness (QED) is 0.829. The van der Waals surface area contributed by atoms with Gasteiger partial charge in [0.25, 0.3) is 0 Å². The summed E-state index contributed by atoms with van der Waals surface area (Å²) in [7, 11) is 1.73. The number of benzene rings is 1. The van der Waals surface area contributed by atoms with E-state index in [-0.39, 0.29) is 24.5 Å². The van der Waals surface area contributed by atoms with E-state index < -0.39 is 0 Å². The summed E-state index contributed by atoms with van der Waals surface area (Å²) >= 11 is 0. The fraction of sp³-hybridized carbons (Fsp3) is 0.500. The van der Waals surface area contributed by atoms with Gasteiger partial charge in [0.1, 0.15) is 6.61 Å². The molecule has 0 bridgehead atoms. The Morgan fingerprint density at radius 2 is 2.14 bits per heavy atom. The standard InChI is InChI=1S/C16H20N2O4/c1-17(16(20)10-18-8-4-7-15(18)19)9-12-11-21-13-5-2-3-6-14(13)22-12/h2-3,5-6,12H,4,7-11H2,1H3/t12-/m0/s1. The Balaban J connectivity index is 1.52. The molecule has 0 spiro atoms. The van der Waals surface area contributed by atoms with Crippen LogP contribution < -0.4 is 9.47 Å². The van der Waals surface area contributed by atoms with Crippen molar-refractivity contribution >= 4 is 11.8 Å². The molecule has 0 N–H and O–H groups in total. The Bertz CT molecular complexity index is 575. The van der Waals surface area contributed by atoms with Crippen LogP contribution in [0, 0.1) is 0 Å². The van der Waals surface area contributed by atoms with Gasteiger partial charge < -0.3 is 19.3 Å². The molecule has 2 heterocycles. The topological polar surface area (TPSA) is 59.1 Å². The van der Waals surface area contributed by atoms with Crippen molar-refractivity contribution in [2.24, 2.45) is 0 Å². The number of likely N-dealkylation sites (tertiary alicyclic amines) is 1. The molecule has 0 unspecified atom stereocenters. The largest absolute Gasteiger partial charge is 0.486 e. The number of hydrogen-bond acceptors (Lipinski definition) is 4. The number of fused-ring (bicyclic) bond motifs is 1. The molecule has 3 rings (SSSR count). The van der Waals surface area contributed by atoms with Crippen LogP contribution in [0.25, 0.3) is 0 Å². The molecule has 22 heavy (non-hydrogen) atoms. The number of rotatable bonds is 4.